The first kappa shape index (κ1) is 23.0. The van der Waals surface area contributed by atoms with Gasteiger partial charge in [-0.15, -0.1) is 0 Å². The molecule has 0 spiro atoms. The molecular formula is C20H30Cl2N2O2. The third-order valence-electron chi connectivity index (χ3n) is 5.40. The van der Waals surface area contributed by atoms with E-state index in [1.807, 2.05) is 12.1 Å². The number of ketones is 1. The lowest BCUT2D eigenvalue weighted by Gasteiger charge is -2.30. The fourth-order valence-corrected chi connectivity index (χ4v) is 3.90. The first-order chi connectivity index (χ1) is 11.8. The molecule has 1 heterocycles. The first-order valence-electron chi connectivity index (χ1n) is 9.32. The van der Waals surface area contributed by atoms with Crippen LogP contribution in [-0.4, -0.2) is 45.6 Å². The average molecular weight is 401 g/mol. The van der Waals surface area contributed by atoms with Crippen LogP contribution in [0, 0.1) is 0 Å². The molecule has 0 amide bonds. The van der Waals surface area contributed by atoms with Crippen molar-refractivity contribution in [2.75, 3.05) is 39.8 Å². The summed E-state index contributed by atoms with van der Waals surface area (Å²) in [6.45, 7) is 5.44. The molecular weight excluding hydrogens is 371 g/mol. The Hall–Kier alpha value is -1.07. The van der Waals surface area contributed by atoms with Gasteiger partial charge in [0.25, 0.3) is 0 Å². The Morgan fingerprint density at radius 1 is 1.08 bits per heavy atom. The number of Topliss-reactive ketones (excluding diaryl/α,β-unsaturated/α-hetero) is 1. The van der Waals surface area contributed by atoms with Gasteiger partial charge in [0.05, 0.1) is 20.1 Å². The first-order valence-corrected chi connectivity index (χ1v) is 9.32. The summed E-state index contributed by atoms with van der Waals surface area (Å²) < 4.78 is 5.49. The van der Waals surface area contributed by atoms with E-state index in [0.717, 1.165) is 56.9 Å². The molecule has 0 atom stereocenters. The molecule has 1 aromatic carbocycles. The summed E-state index contributed by atoms with van der Waals surface area (Å²) in [5.74, 6) is 1.37. The number of carbonyl (C=O) groups is 1. The third kappa shape index (κ3) is 5.98. The van der Waals surface area contributed by atoms with Gasteiger partial charge < -0.3 is 34.5 Å². The van der Waals surface area contributed by atoms with Crippen molar-refractivity contribution in [1.82, 2.24) is 0 Å². The number of benzene rings is 1. The Bertz CT molecular complexity index is 599. The number of ether oxygens (including phenoxy) is 1. The van der Waals surface area contributed by atoms with Crippen LogP contribution in [0.2, 0.25) is 0 Å². The maximum Gasteiger partial charge on any atom is 0.179 e. The van der Waals surface area contributed by atoms with Crippen molar-refractivity contribution < 1.29 is 44.1 Å². The van der Waals surface area contributed by atoms with E-state index in [1.165, 1.54) is 23.4 Å². The molecule has 1 saturated heterocycles. The van der Waals surface area contributed by atoms with Crippen molar-refractivity contribution in [1.29, 1.82) is 0 Å². The second-order valence-electron chi connectivity index (χ2n) is 6.95. The van der Waals surface area contributed by atoms with Crippen LogP contribution in [-0.2, 0) is 4.79 Å². The highest BCUT2D eigenvalue weighted by Crippen LogP contribution is 2.19. The van der Waals surface area contributed by atoms with Crippen LogP contribution in [0.25, 0.3) is 0 Å². The summed E-state index contributed by atoms with van der Waals surface area (Å²) in [6, 6.07) is 8.31. The summed E-state index contributed by atoms with van der Waals surface area (Å²) in [5, 5.41) is 0. The quantitative estimate of drug-likeness (QED) is 0.499. The van der Waals surface area contributed by atoms with Crippen LogP contribution in [0.5, 0.6) is 5.75 Å². The Morgan fingerprint density at radius 2 is 1.81 bits per heavy atom. The molecule has 0 bridgehead atoms. The second-order valence-corrected chi connectivity index (χ2v) is 6.95. The molecule has 146 valence electrons. The van der Waals surface area contributed by atoms with Crippen molar-refractivity contribution in [2.24, 2.45) is 0 Å². The van der Waals surface area contributed by atoms with E-state index in [1.54, 1.807) is 12.0 Å². The maximum absolute atomic E-state index is 12.3. The van der Waals surface area contributed by atoms with E-state index in [2.05, 4.69) is 18.2 Å². The minimum absolute atomic E-state index is 0. The lowest BCUT2D eigenvalue weighted by molar-refractivity contribution is -0.986. The van der Waals surface area contributed by atoms with E-state index >= 15 is 0 Å². The minimum Gasteiger partial charge on any atom is -1.00 e. The van der Waals surface area contributed by atoms with Gasteiger partial charge >= 0.3 is 0 Å². The number of nitrogens with one attached hydrogen (secondary N) is 2. The summed E-state index contributed by atoms with van der Waals surface area (Å²) in [7, 11) is 1.74. The van der Waals surface area contributed by atoms with Crippen molar-refractivity contribution >= 4 is 11.5 Å². The van der Waals surface area contributed by atoms with Gasteiger partial charge in [0.15, 0.2) is 17.2 Å². The Labute approximate surface area is 169 Å². The third-order valence-corrected chi connectivity index (χ3v) is 5.40. The zero-order valence-electron chi connectivity index (χ0n) is 15.5. The molecule has 0 aromatic heterocycles. The number of methoxy groups -OCH3 is 1. The molecule has 1 fully saturated rings. The topological polar surface area (TPSA) is 35.2 Å². The van der Waals surface area contributed by atoms with Crippen molar-refractivity contribution in [2.45, 2.75) is 32.1 Å². The van der Waals surface area contributed by atoms with Crippen LogP contribution in [0.4, 0.5) is 5.69 Å². The second kappa shape index (κ2) is 11.6. The fraction of sp³-hybridized carbons (Fsp3) is 0.550. The number of para-hydroxylation sites is 2. The molecule has 0 saturated carbocycles. The lowest BCUT2D eigenvalue weighted by Crippen LogP contribution is -3.26. The largest absolute Gasteiger partial charge is 1.00 e. The van der Waals surface area contributed by atoms with Crippen LogP contribution in [0.1, 0.15) is 32.1 Å². The van der Waals surface area contributed by atoms with Gasteiger partial charge in [0.1, 0.15) is 26.2 Å². The average Bonchev–Trinajstić information content (AvgIpc) is 2.67. The van der Waals surface area contributed by atoms with Crippen LogP contribution in [0.15, 0.2) is 35.9 Å². The van der Waals surface area contributed by atoms with Gasteiger partial charge in [-0.3, -0.25) is 9.69 Å². The summed E-state index contributed by atoms with van der Waals surface area (Å²) in [6.07, 6.45) is 7.41. The van der Waals surface area contributed by atoms with E-state index < -0.39 is 0 Å². The monoisotopic (exact) mass is 400 g/mol. The molecule has 1 aliphatic carbocycles. The fourth-order valence-electron chi connectivity index (χ4n) is 3.90. The number of piperazine rings is 1. The SMILES string of the molecule is COc1ccccc1[NH+]1CC[NH+](CCC(=O)C2=CCCCC2)CC1.[Cl-].[Cl-]. The van der Waals surface area contributed by atoms with E-state index in [0.29, 0.717) is 12.2 Å². The predicted molar refractivity (Wildman–Crippen MR) is 95.1 cm³/mol. The molecule has 2 N–H and O–H groups in total. The zero-order chi connectivity index (χ0) is 16.8. The standard InChI is InChI=1S/C20H28N2O2.2ClH/c1-24-20-10-6-5-9-18(20)22-15-13-21(14-16-22)12-11-19(23)17-7-3-2-4-8-17;;/h5-7,9-10H,2-4,8,11-16H2,1H3;2*1H. The molecule has 4 nitrogen and oxygen atoms in total. The number of hydrogen-bond acceptors (Lipinski definition) is 2. The highest BCUT2D eigenvalue weighted by molar-refractivity contribution is 5.95. The van der Waals surface area contributed by atoms with E-state index in [9.17, 15) is 4.79 Å². The van der Waals surface area contributed by atoms with E-state index in [-0.39, 0.29) is 24.8 Å². The maximum atomic E-state index is 12.3. The van der Waals surface area contributed by atoms with Gasteiger partial charge in [-0.2, -0.15) is 0 Å². The molecule has 1 aromatic rings. The smallest absolute Gasteiger partial charge is 0.179 e. The van der Waals surface area contributed by atoms with Crippen molar-refractivity contribution in [3.05, 3.63) is 35.9 Å². The predicted octanol–water partition coefficient (Wildman–Crippen LogP) is -5.42. The molecule has 3 rings (SSSR count). The molecule has 0 radical (unpaired) electrons. The van der Waals surface area contributed by atoms with Crippen molar-refractivity contribution in [3.63, 3.8) is 0 Å². The Balaban J connectivity index is 0.00000169. The highest BCUT2D eigenvalue weighted by Gasteiger charge is 2.27. The summed E-state index contributed by atoms with van der Waals surface area (Å²) >= 11 is 0. The van der Waals surface area contributed by atoms with Crippen molar-refractivity contribution in [3.8, 4) is 5.75 Å². The normalized spacial score (nSPS) is 22.4. The van der Waals surface area contributed by atoms with E-state index in [4.69, 9.17) is 4.74 Å². The van der Waals surface area contributed by atoms with Gasteiger partial charge in [0.2, 0.25) is 0 Å². The number of allylic oxidation sites excluding steroid dienone is 2. The lowest BCUT2D eigenvalue weighted by atomic mass is 9.95. The minimum atomic E-state index is 0. The number of quaternary nitrogens is 2. The number of rotatable bonds is 6. The van der Waals surface area contributed by atoms with Gasteiger partial charge in [-0.05, 0) is 37.3 Å². The van der Waals surface area contributed by atoms with Gasteiger partial charge in [0, 0.05) is 6.07 Å². The molecule has 6 heteroatoms. The molecule has 2 aliphatic rings. The zero-order valence-corrected chi connectivity index (χ0v) is 17.0. The van der Waals surface area contributed by atoms with Gasteiger partial charge in [-0.1, -0.05) is 18.2 Å². The summed E-state index contributed by atoms with van der Waals surface area (Å²) in [4.78, 5) is 15.4. The summed E-state index contributed by atoms with van der Waals surface area (Å²) in [5.41, 5.74) is 2.36. The highest BCUT2D eigenvalue weighted by atomic mass is 35.5. The van der Waals surface area contributed by atoms with Crippen LogP contribution >= 0.6 is 0 Å². The molecule has 0 unspecified atom stereocenters. The molecule has 26 heavy (non-hydrogen) atoms. The number of carbonyl (C=O) groups excluding carboxylic acids is 1. The Kier molecular flexibility index (Phi) is 10.3. The van der Waals surface area contributed by atoms with Crippen LogP contribution in [0.3, 0.4) is 0 Å². The Morgan fingerprint density at radius 3 is 2.46 bits per heavy atom. The van der Waals surface area contributed by atoms with Crippen LogP contribution < -0.4 is 39.4 Å². The molecule has 1 aliphatic heterocycles. The number of halogens is 2. The number of hydrogen-bond donors (Lipinski definition) is 2. The van der Waals surface area contributed by atoms with Gasteiger partial charge in [-0.25, -0.2) is 0 Å².